The minimum Gasteiger partial charge on any atom is -0.369 e. The molecule has 3 heterocycles. The van der Waals surface area contributed by atoms with Crippen LogP contribution in [0.25, 0.3) is 10.6 Å². The molecule has 8 nitrogen and oxygen atoms in total. The van der Waals surface area contributed by atoms with Crippen LogP contribution < -0.4 is 16.0 Å². The zero-order valence-electron chi connectivity index (χ0n) is 15.1. The third-order valence-corrected chi connectivity index (χ3v) is 4.42. The summed E-state index contributed by atoms with van der Waals surface area (Å²) in [7, 11) is 4.02. The van der Waals surface area contributed by atoms with Gasteiger partial charge in [0, 0.05) is 36.4 Å². The molecule has 0 aliphatic rings. The Kier molecular flexibility index (Phi) is 6.29. The van der Waals surface area contributed by atoms with Crippen LogP contribution in [0, 0.1) is 0 Å². The van der Waals surface area contributed by atoms with Gasteiger partial charge in [0.2, 0.25) is 0 Å². The van der Waals surface area contributed by atoms with Gasteiger partial charge in [0.15, 0.2) is 0 Å². The minimum absolute atomic E-state index is 0.389. The number of hydrogen-bond acceptors (Lipinski definition) is 7. The molecule has 9 heteroatoms. The molecule has 0 fully saturated rings. The molecule has 3 rings (SSSR count). The summed E-state index contributed by atoms with van der Waals surface area (Å²) in [5.41, 5.74) is 0.960. The van der Waals surface area contributed by atoms with Gasteiger partial charge in [0.05, 0.1) is 0 Å². The number of thiazole rings is 1. The quantitative estimate of drug-likeness (QED) is 0.580. The smallest absolute Gasteiger partial charge is 0.326 e. The molecule has 0 aromatic carbocycles. The average molecular weight is 383 g/mol. The van der Waals surface area contributed by atoms with Gasteiger partial charge in [0.1, 0.15) is 22.5 Å². The normalized spacial score (nSPS) is 10.6. The molecule has 0 aliphatic carbocycles. The van der Waals surface area contributed by atoms with Gasteiger partial charge in [-0.3, -0.25) is 15.6 Å². The summed E-state index contributed by atoms with van der Waals surface area (Å²) < 4.78 is 0. The second kappa shape index (κ2) is 9.06. The highest BCUT2D eigenvalue weighted by atomic mass is 32.1. The second-order valence-electron chi connectivity index (χ2n) is 5.99. The molecule has 0 spiro atoms. The zero-order chi connectivity index (χ0) is 19.1. The van der Waals surface area contributed by atoms with Crippen LogP contribution in [0.3, 0.4) is 0 Å². The number of nitrogens with one attached hydrogen (secondary N) is 3. The first kappa shape index (κ1) is 18.7. The highest BCUT2D eigenvalue weighted by molar-refractivity contribution is 7.13. The number of likely N-dealkylation sites (N-methyl/N-ethyl adjacent to an activating group) is 1. The van der Waals surface area contributed by atoms with E-state index in [1.807, 2.05) is 38.4 Å². The molecule has 0 saturated heterocycles. The van der Waals surface area contributed by atoms with E-state index in [2.05, 4.69) is 35.8 Å². The Balaban J connectivity index is 1.56. The van der Waals surface area contributed by atoms with E-state index < -0.39 is 0 Å². The van der Waals surface area contributed by atoms with Crippen molar-refractivity contribution in [2.24, 2.45) is 0 Å². The number of urea groups is 1. The molecule has 3 aromatic rings. The first-order chi connectivity index (χ1) is 13.1. The molecule has 0 bridgehead atoms. The van der Waals surface area contributed by atoms with Crippen molar-refractivity contribution in [3.05, 3.63) is 48.1 Å². The van der Waals surface area contributed by atoms with Crippen molar-refractivity contribution in [2.75, 3.05) is 43.1 Å². The molecule has 27 heavy (non-hydrogen) atoms. The van der Waals surface area contributed by atoms with Crippen molar-refractivity contribution in [3.63, 3.8) is 0 Å². The van der Waals surface area contributed by atoms with Gasteiger partial charge in [-0.05, 0) is 38.4 Å². The number of hydrogen-bond donors (Lipinski definition) is 3. The average Bonchev–Trinajstić information content (AvgIpc) is 3.11. The lowest BCUT2D eigenvalue weighted by Crippen LogP contribution is -2.22. The van der Waals surface area contributed by atoms with Crippen molar-refractivity contribution < 1.29 is 4.79 Å². The van der Waals surface area contributed by atoms with Crippen molar-refractivity contribution >= 4 is 34.8 Å². The first-order valence-corrected chi connectivity index (χ1v) is 9.28. The fourth-order valence-electron chi connectivity index (χ4n) is 2.23. The van der Waals surface area contributed by atoms with E-state index in [1.54, 1.807) is 23.8 Å². The summed E-state index contributed by atoms with van der Waals surface area (Å²) in [6.45, 7) is 1.66. The Morgan fingerprint density at radius 3 is 2.56 bits per heavy atom. The van der Waals surface area contributed by atoms with Crippen LogP contribution in [0.1, 0.15) is 0 Å². The van der Waals surface area contributed by atoms with Gasteiger partial charge < -0.3 is 10.2 Å². The summed E-state index contributed by atoms with van der Waals surface area (Å²) in [5, 5.41) is 11.3. The summed E-state index contributed by atoms with van der Waals surface area (Å²) >= 11 is 1.45. The van der Waals surface area contributed by atoms with Crippen molar-refractivity contribution in [1.82, 2.24) is 19.9 Å². The Labute approximate surface area is 161 Å². The molecular weight excluding hydrogens is 362 g/mol. The van der Waals surface area contributed by atoms with Gasteiger partial charge in [-0.2, -0.15) is 0 Å². The first-order valence-electron chi connectivity index (χ1n) is 8.40. The lowest BCUT2D eigenvalue weighted by molar-refractivity contribution is 0.262. The van der Waals surface area contributed by atoms with Gasteiger partial charge in [-0.15, -0.1) is 11.3 Å². The van der Waals surface area contributed by atoms with Crippen LogP contribution >= 0.6 is 11.3 Å². The van der Waals surface area contributed by atoms with Crippen molar-refractivity contribution in [3.8, 4) is 10.6 Å². The van der Waals surface area contributed by atoms with Crippen molar-refractivity contribution in [2.45, 2.75) is 0 Å². The van der Waals surface area contributed by atoms with Gasteiger partial charge >= 0.3 is 6.03 Å². The molecule has 0 aliphatic heterocycles. The van der Waals surface area contributed by atoms with E-state index in [1.165, 1.54) is 11.3 Å². The van der Waals surface area contributed by atoms with Crippen LogP contribution in [0.15, 0.2) is 48.1 Å². The van der Waals surface area contributed by atoms with Gasteiger partial charge in [0.25, 0.3) is 0 Å². The van der Waals surface area contributed by atoms with Crippen LogP contribution in [0.5, 0.6) is 0 Å². The molecule has 0 radical (unpaired) electrons. The zero-order valence-corrected chi connectivity index (χ0v) is 16.0. The maximum absolute atomic E-state index is 12.2. The van der Waals surface area contributed by atoms with Gasteiger partial charge in [-0.25, -0.2) is 14.8 Å². The Morgan fingerprint density at radius 2 is 1.78 bits per heavy atom. The molecule has 3 aromatic heterocycles. The number of carbonyl (C=O) groups is 1. The third-order valence-electron chi connectivity index (χ3n) is 3.53. The number of rotatable bonds is 7. The largest absolute Gasteiger partial charge is 0.369 e. The fourth-order valence-corrected chi connectivity index (χ4v) is 2.99. The lowest BCUT2D eigenvalue weighted by atomic mass is 10.3. The lowest BCUT2D eigenvalue weighted by Gasteiger charge is -2.11. The predicted octanol–water partition coefficient (Wildman–Crippen LogP) is 3.22. The molecule has 0 saturated carbocycles. The molecule has 140 valence electrons. The Morgan fingerprint density at radius 1 is 1.04 bits per heavy atom. The second-order valence-corrected chi connectivity index (χ2v) is 6.85. The van der Waals surface area contributed by atoms with Crippen molar-refractivity contribution in [1.29, 1.82) is 0 Å². The van der Waals surface area contributed by atoms with E-state index in [0.717, 1.165) is 23.7 Å². The Hall–Kier alpha value is -3.04. The summed E-state index contributed by atoms with van der Waals surface area (Å²) in [6.07, 6.45) is 3.42. The monoisotopic (exact) mass is 383 g/mol. The highest BCUT2D eigenvalue weighted by Crippen LogP contribution is 2.25. The summed E-state index contributed by atoms with van der Waals surface area (Å²) in [4.78, 5) is 27.1. The van der Waals surface area contributed by atoms with E-state index in [4.69, 9.17) is 0 Å². The SMILES string of the molecule is CN(C)CCNc1cccc(NC(=O)Nc2csc(-c3ccncc3)n2)n1. The fraction of sp³-hybridized carbons (Fsp3) is 0.222. The maximum atomic E-state index is 12.2. The van der Waals surface area contributed by atoms with E-state index in [9.17, 15) is 4.79 Å². The van der Waals surface area contributed by atoms with Crippen LogP contribution in [-0.2, 0) is 0 Å². The number of anilines is 3. The van der Waals surface area contributed by atoms with E-state index in [-0.39, 0.29) is 6.03 Å². The van der Waals surface area contributed by atoms with E-state index in [0.29, 0.717) is 17.5 Å². The minimum atomic E-state index is -0.389. The topological polar surface area (TPSA) is 95.1 Å². The summed E-state index contributed by atoms with van der Waals surface area (Å²) in [6, 6.07) is 8.80. The molecule has 2 amide bonds. The maximum Gasteiger partial charge on any atom is 0.326 e. The molecule has 0 atom stereocenters. The number of aromatic nitrogens is 3. The molecule has 0 unspecified atom stereocenters. The standard InChI is InChI=1S/C18H21N7OS/c1-25(2)11-10-20-14-4-3-5-15(21-14)23-18(26)24-16-12-27-17(22-16)13-6-8-19-9-7-13/h3-9,12H,10-11H2,1-2H3,(H3,20,21,23,24,26). The molecule has 3 N–H and O–H groups in total. The predicted molar refractivity (Wildman–Crippen MR) is 109 cm³/mol. The molecular formula is C18H21N7OS. The number of carbonyl (C=O) groups excluding carboxylic acids is 1. The van der Waals surface area contributed by atoms with E-state index >= 15 is 0 Å². The Bertz CT molecular complexity index is 882. The highest BCUT2D eigenvalue weighted by Gasteiger charge is 2.09. The van der Waals surface area contributed by atoms with Crippen LogP contribution in [-0.4, -0.2) is 53.1 Å². The summed E-state index contributed by atoms with van der Waals surface area (Å²) in [5.74, 6) is 1.67. The number of nitrogens with zero attached hydrogens (tertiary/aromatic N) is 4. The van der Waals surface area contributed by atoms with Crippen LogP contribution in [0.2, 0.25) is 0 Å². The number of pyridine rings is 2. The third kappa shape index (κ3) is 5.73. The number of amides is 2. The van der Waals surface area contributed by atoms with Crippen LogP contribution in [0.4, 0.5) is 22.2 Å². The van der Waals surface area contributed by atoms with Gasteiger partial charge in [-0.1, -0.05) is 6.07 Å².